The average molecular weight is 439 g/mol. The van der Waals surface area contributed by atoms with Gasteiger partial charge in [0.15, 0.2) is 0 Å². The number of rotatable bonds is 10. The number of amides is 1. The lowest BCUT2D eigenvalue weighted by atomic mass is 10.1. The fourth-order valence-electron chi connectivity index (χ4n) is 2.92. The Balaban J connectivity index is 2.07. The number of ether oxygens (including phenoxy) is 2. The van der Waals surface area contributed by atoms with Gasteiger partial charge in [0.05, 0.1) is 25.1 Å². The normalized spacial score (nSPS) is 13.2. The van der Waals surface area contributed by atoms with Gasteiger partial charge in [-0.25, -0.2) is 12.8 Å². The van der Waals surface area contributed by atoms with E-state index in [-0.39, 0.29) is 24.8 Å². The third-order valence-corrected chi connectivity index (χ3v) is 5.54. The summed E-state index contributed by atoms with van der Waals surface area (Å²) in [6, 6.07) is 10.7. The Morgan fingerprint density at radius 2 is 1.67 bits per heavy atom. The molecule has 0 fully saturated rings. The summed E-state index contributed by atoms with van der Waals surface area (Å²) in [6.45, 7) is 3.67. The Morgan fingerprint density at radius 1 is 1.10 bits per heavy atom. The molecule has 0 aromatic heterocycles. The van der Waals surface area contributed by atoms with Crippen molar-refractivity contribution in [3.05, 3.63) is 54.3 Å². The molecule has 2 aromatic rings. The summed E-state index contributed by atoms with van der Waals surface area (Å²) in [5.41, 5.74) is 0.225. The van der Waals surface area contributed by atoms with Gasteiger partial charge in [-0.2, -0.15) is 0 Å². The molecule has 1 amide bonds. The lowest BCUT2D eigenvalue weighted by Gasteiger charge is -2.31. The van der Waals surface area contributed by atoms with E-state index in [9.17, 15) is 17.6 Å². The molecule has 0 heterocycles. The van der Waals surface area contributed by atoms with Gasteiger partial charge in [-0.1, -0.05) is 6.92 Å². The summed E-state index contributed by atoms with van der Waals surface area (Å²) in [5.74, 6) is 0.372. The van der Waals surface area contributed by atoms with Crippen LogP contribution in [0.15, 0.2) is 48.5 Å². The zero-order valence-electron chi connectivity index (χ0n) is 17.5. The van der Waals surface area contributed by atoms with E-state index in [0.717, 1.165) is 22.7 Å². The quantitative estimate of drug-likeness (QED) is 0.617. The van der Waals surface area contributed by atoms with Crippen molar-refractivity contribution in [3.63, 3.8) is 0 Å². The van der Waals surface area contributed by atoms with Crippen molar-refractivity contribution >= 4 is 21.6 Å². The zero-order chi connectivity index (χ0) is 22.3. The molecule has 30 heavy (non-hydrogen) atoms. The summed E-state index contributed by atoms with van der Waals surface area (Å²) >= 11 is 0. The molecular formula is C21H27FN2O5S. The summed E-state index contributed by atoms with van der Waals surface area (Å²) in [4.78, 5) is 12.8. The summed E-state index contributed by atoms with van der Waals surface area (Å²) < 4.78 is 49.8. The lowest BCUT2D eigenvalue weighted by Crippen LogP contribution is -2.52. The van der Waals surface area contributed by atoms with E-state index in [0.29, 0.717) is 11.5 Å². The van der Waals surface area contributed by atoms with Crippen molar-refractivity contribution in [2.75, 3.05) is 24.3 Å². The predicted molar refractivity (Wildman–Crippen MR) is 114 cm³/mol. The number of nitrogens with one attached hydrogen (secondary N) is 1. The third kappa shape index (κ3) is 6.35. The van der Waals surface area contributed by atoms with Crippen molar-refractivity contribution in [2.45, 2.75) is 32.4 Å². The number of benzene rings is 2. The van der Waals surface area contributed by atoms with Crippen LogP contribution in [0.2, 0.25) is 0 Å². The molecule has 0 aliphatic rings. The molecule has 0 bridgehead atoms. The van der Waals surface area contributed by atoms with Gasteiger partial charge >= 0.3 is 0 Å². The number of nitrogens with zero attached hydrogens (tertiary/aromatic N) is 1. The molecule has 0 unspecified atom stereocenters. The first-order chi connectivity index (χ1) is 14.2. The van der Waals surface area contributed by atoms with Crippen molar-refractivity contribution in [3.8, 4) is 11.5 Å². The van der Waals surface area contributed by atoms with E-state index in [2.05, 4.69) is 5.32 Å². The summed E-state index contributed by atoms with van der Waals surface area (Å²) in [7, 11) is -2.21. The van der Waals surface area contributed by atoms with Crippen LogP contribution in [0.5, 0.6) is 11.5 Å². The maximum Gasteiger partial charge on any atom is 0.244 e. The Hall–Kier alpha value is -2.81. The minimum absolute atomic E-state index is 0.198. The number of hydrogen-bond acceptors (Lipinski definition) is 5. The first-order valence-corrected chi connectivity index (χ1v) is 11.3. The minimum Gasteiger partial charge on any atom is -0.497 e. The van der Waals surface area contributed by atoms with Crippen molar-refractivity contribution in [2.24, 2.45) is 0 Å². The second kappa shape index (κ2) is 10.3. The van der Waals surface area contributed by atoms with Crippen LogP contribution < -0.4 is 19.1 Å². The van der Waals surface area contributed by atoms with Gasteiger partial charge in [0.2, 0.25) is 15.9 Å². The zero-order valence-corrected chi connectivity index (χ0v) is 18.3. The Labute approximate surface area is 176 Å². The number of sulfonamides is 1. The SMILES string of the molecule is CC[C@@H](C(=O)N[C@@H](C)COc1ccc(OC)cc1)N(c1ccc(F)cc1)S(C)(=O)=O. The van der Waals surface area contributed by atoms with Crippen LogP contribution in [0.3, 0.4) is 0 Å². The second-order valence-corrected chi connectivity index (χ2v) is 8.71. The summed E-state index contributed by atoms with van der Waals surface area (Å²) in [5, 5.41) is 2.79. The van der Waals surface area contributed by atoms with E-state index in [1.165, 1.54) is 12.1 Å². The molecule has 9 heteroatoms. The smallest absolute Gasteiger partial charge is 0.244 e. The Kier molecular flexibility index (Phi) is 8.05. The Morgan fingerprint density at radius 3 is 2.17 bits per heavy atom. The third-order valence-electron chi connectivity index (χ3n) is 4.36. The molecule has 2 aromatic carbocycles. The molecule has 0 radical (unpaired) electrons. The molecule has 0 saturated heterocycles. The molecule has 7 nitrogen and oxygen atoms in total. The number of halogens is 1. The van der Waals surface area contributed by atoms with E-state index >= 15 is 0 Å². The standard InChI is InChI=1S/C21H27FN2O5S/c1-5-20(24(30(4,26)27)17-8-6-16(22)7-9-17)21(25)23-15(2)14-29-19-12-10-18(28-3)11-13-19/h6-13,15,20H,5,14H2,1-4H3,(H,23,25)/t15-,20-/m0/s1. The highest BCUT2D eigenvalue weighted by Gasteiger charge is 2.32. The molecule has 0 aliphatic heterocycles. The lowest BCUT2D eigenvalue weighted by molar-refractivity contribution is -0.123. The van der Waals surface area contributed by atoms with Crippen LogP contribution in [-0.2, 0) is 14.8 Å². The summed E-state index contributed by atoms with van der Waals surface area (Å²) in [6.07, 6.45) is 1.25. The molecule has 1 N–H and O–H groups in total. The maximum absolute atomic E-state index is 13.3. The van der Waals surface area contributed by atoms with Crippen LogP contribution in [0, 0.1) is 5.82 Å². The van der Waals surface area contributed by atoms with Crippen molar-refractivity contribution in [1.82, 2.24) is 5.32 Å². The molecular weight excluding hydrogens is 411 g/mol. The largest absolute Gasteiger partial charge is 0.497 e. The molecule has 0 spiro atoms. The highest BCUT2D eigenvalue weighted by molar-refractivity contribution is 7.92. The molecule has 2 atom stereocenters. The van der Waals surface area contributed by atoms with E-state index in [1.807, 2.05) is 0 Å². The van der Waals surface area contributed by atoms with Crippen LogP contribution in [0.1, 0.15) is 20.3 Å². The van der Waals surface area contributed by atoms with E-state index < -0.39 is 27.8 Å². The van der Waals surface area contributed by atoms with Crippen LogP contribution in [-0.4, -0.2) is 46.4 Å². The molecule has 2 rings (SSSR count). The minimum atomic E-state index is -3.78. The Bertz CT molecular complexity index is 933. The number of methoxy groups -OCH3 is 1. The van der Waals surface area contributed by atoms with Crippen molar-refractivity contribution in [1.29, 1.82) is 0 Å². The van der Waals surface area contributed by atoms with Gasteiger partial charge < -0.3 is 14.8 Å². The monoisotopic (exact) mass is 438 g/mol. The van der Waals surface area contributed by atoms with Gasteiger partial charge in [-0.15, -0.1) is 0 Å². The maximum atomic E-state index is 13.3. The van der Waals surface area contributed by atoms with Crippen LogP contribution in [0.4, 0.5) is 10.1 Å². The first-order valence-electron chi connectivity index (χ1n) is 9.48. The number of carbonyl (C=O) groups is 1. The molecule has 0 saturated carbocycles. The van der Waals surface area contributed by atoms with Crippen molar-refractivity contribution < 1.29 is 27.1 Å². The fraction of sp³-hybridized carbons (Fsp3) is 0.381. The number of anilines is 1. The topological polar surface area (TPSA) is 84.9 Å². The highest BCUT2D eigenvalue weighted by atomic mass is 32.2. The first kappa shape index (κ1) is 23.5. The van der Waals surface area contributed by atoms with Gasteiger partial charge in [-0.05, 0) is 61.9 Å². The fourth-order valence-corrected chi connectivity index (χ4v) is 4.13. The van der Waals surface area contributed by atoms with E-state index in [4.69, 9.17) is 9.47 Å². The van der Waals surface area contributed by atoms with Crippen LogP contribution in [0.25, 0.3) is 0 Å². The molecule has 164 valence electrons. The highest BCUT2D eigenvalue weighted by Crippen LogP contribution is 2.23. The van der Waals surface area contributed by atoms with Gasteiger partial charge in [0, 0.05) is 0 Å². The predicted octanol–water partition coefficient (Wildman–Crippen LogP) is 2.96. The molecule has 0 aliphatic carbocycles. The van der Waals surface area contributed by atoms with Gasteiger partial charge in [-0.3, -0.25) is 9.10 Å². The van der Waals surface area contributed by atoms with Gasteiger partial charge in [0.1, 0.15) is 30.0 Å². The average Bonchev–Trinajstić information content (AvgIpc) is 2.70. The van der Waals surface area contributed by atoms with Gasteiger partial charge in [0.25, 0.3) is 0 Å². The van der Waals surface area contributed by atoms with Crippen LogP contribution >= 0.6 is 0 Å². The second-order valence-electron chi connectivity index (χ2n) is 6.86. The van der Waals surface area contributed by atoms with E-state index in [1.54, 1.807) is 45.2 Å². The number of hydrogen-bond donors (Lipinski definition) is 1. The number of carbonyl (C=O) groups excluding carboxylic acids is 1.